The topological polar surface area (TPSA) is 158 Å². The first kappa shape index (κ1) is 30.6. The van der Waals surface area contributed by atoms with Crippen molar-refractivity contribution in [3.05, 3.63) is 12.2 Å². The van der Waals surface area contributed by atoms with Gasteiger partial charge in [0.25, 0.3) is 0 Å². The van der Waals surface area contributed by atoms with Gasteiger partial charge in [-0.15, -0.1) is 0 Å². The van der Waals surface area contributed by atoms with E-state index in [-0.39, 0.29) is 13.0 Å². The van der Waals surface area contributed by atoms with Crippen molar-refractivity contribution in [3.8, 4) is 0 Å². The van der Waals surface area contributed by atoms with Crippen LogP contribution in [-0.2, 0) is 18.9 Å². The monoisotopic (exact) mass is 506 g/mol. The average Bonchev–Trinajstić information content (AvgIpc) is 2.86. The molecule has 0 bridgehead atoms. The molecule has 0 aromatic heterocycles. The second-order valence-corrected chi connectivity index (χ2v) is 9.47. The Bertz CT molecular complexity index is 574. The van der Waals surface area contributed by atoms with Crippen LogP contribution in [0, 0.1) is 0 Å². The number of rotatable bonds is 16. The van der Waals surface area contributed by atoms with Crippen molar-refractivity contribution in [2.45, 2.75) is 126 Å². The van der Waals surface area contributed by atoms with E-state index in [1.807, 2.05) is 6.08 Å². The maximum absolute atomic E-state index is 10.4. The molecular formula is C25H46O10. The van der Waals surface area contributed by atoms with Crippen molar-refractivity contribution in [1.82, 2.24) is 0 Å². The number of allylic oxidation sites excluding steroid dienone is 1. The van der Waals surface area contributed by atoms with Crippen molar-refractivity contribution < 1.29 is 49.6 Å². The minimum absolute atomic E-state index is 0.0346. The van der Waals surface area contributed by atoms with E-state index in [9.17, 15) is 30.6 Å². The molecule has 5 unspecified atom stereocenters. The summed E-state index contributed by atoms with van der Waals surface area (Å²) in [6, 6.07) is 0. The van der Waals surface area contributed by atoms with Crippen LogP contribution in [0.4, 0.5) is 0 Å². The molecule has 206 valence electrons. The molecule has 35 heavy (non-hydrogen) atoms. The molecule has 2 aliphatic heterocycles. The third-order valence-electron chi connectivity index (χ3n) is 6.60. The smallest absolute Gasteiger partial charge is 0.187 e. The molecule has 2 aliphatic rings. The summed E-state index contributed by atoms with van der Waals surface area (Å²) in [5, 5.41) is 59.5. The molecule has 0 aliphatic carbocycles. The van der Waals surface area contributed by atoms with Crippen LogP contribution in [0.3, 0.4) is 0 Å². The lowest BCUT2D eigenvalue weighted by Gasteiger charge is -2.44. The fraction of sp³-hybridized carbons (Fsp3) is 0.920. The van der Waals surface area contributed by atoms with Gasteiger partial charge in [0, 0.05) is 6.42 Å². The number of aliphatic hydroxyl groups is 6. The van der Waals surface area contributed by atoms with Crippen molar-refractivity contribution in [2.75, 3.05) is 19.8 Å². The van der Waals surface area contributed by atoms with E-state index >= 15 is 0 Å². The molecule has 0 saturated carbocycles. The first-order valence-corrected chi connectivity index (χ1v) is 13.1. The van der Waals surface area contributed by atoms with Crippen LogP contribution in [0.1, 0.15) is 71.1 Å². The van der Waals surface area contributed by atoms with Crippen LogP contribution < -0.4 is 0 Å². The highest BCUT2D eigenvalue weighted by Crippen LogP contribution is 2.29. The average molecular weight is 507 g/mol. The molecule has 0 radical (unpaired) electrons. The van der Waals surface area contributed by atoms with Gasteiger partial charge in [0.05, 0.1) is 25.9 Å². The molecule has 2 fully saturated rings. The van der Waals surface area contributed by atoms with Crippen LogP contribution in [-0.4, -0.2) is 106 Å². The van der Waals surface area contributed by atoms with Gasteiger partial charge in [0.2, 0.25) is 0 Å². The Morgan fingerprint density at radius 1 is 0.743 bits per heavy atom. The molecule has 9 atom stereocenters. The molecule has 0 aromatic rings. The number of ether oxygens (including phenoxy) is 4. The van der Waals surface area contributed by atoms with Crippen LogP contribution in [0.25, 0.3) is 0 Å². The van der Waals surface area contributed by atoms with Gasteiger partial charge < -0.3 is 49.6 Å². The SMILES string of the molecule is CCCCCCCCCC/C=C/CO[C@@H]1OC(CO)[C@@H](O[C@@H]2OC(CO)[C@H](O)C(O)C2O)CC1O. The van der Waals surface area contributed by atoms with Crippen molar-refractivity contribution >= 4 is 0 Å². The summed E-state index contributed by atoms with van der Waals surface area (Å²) in [4.78, 5) is 0. The summed E-state index contributed by atoms with van der Waals surface area (Å²) >= 11 is 0. The minimum Gasteiger partial charge on any atom is -0.394 e. The van der Waals surface area contributed by atoms with Gasteiger partial charge in [0.15, 0.2) is 12.6 Å². The van der Waals surface area contributed by atoms with E-state index in [1.165, 1.54) is 44.9 Å². The quantitative estimate of drug-likeness (QED) is 0.130. The largest absolute Gasteiger partial charge is 0.394 e. The first-order valence-electron chi connectivity index (χ1n) is 13.1. The summed E-state index contributed by atoms with van der Waals surface area (Å²) in [6.07, 6.45) is 4.25. The summed E-state index contributed by atoms with van der Waals surface area (Å²) in [7, 11) is 0. The van der Waals surface area contributed by atoms with Gasteiger partial charge in [-0.05, 0) is 12.8 Å². The summed E-state index contributed by atoms with van der Waals surface area (Å²) in [5.41, 5.74) is 0. The number of unbranched alkanes of at least 4 members (excludes halogenated alkanes) is 8. The molecule has 2 rings (SSSR count). The van der Waals surface area contributed by atoms with E-state index in [4.69, 9.17) is 18.9 Å². The second-order valence-electron chi connectivity index (χ2n) is 9.47. The highest BCUT2D eigenvalue weighted by Gasteiger charge is 2.47. The molecule has 2 heterocycles. The van der Waals surface area contributed by atoms with Gasteiger partial charge >= 0.3 is 0 Å². The Labute approximate surface area is 208 Å². The maximum atomic E-state index is 10.4. The first-order chi connectivity index (χ1) is 16.9. The van der Waals surface area contributed by atoms with Crippen molar-refractivity contribution in [2.24, 2.45) is 0 Å². The number of hydrogen-bond acceptors (Lipinski definition) is 10. The Morgan fingerprint density at radius 3 is 2.03 bits per heavy atom. The Balaban J connectivity index is 1.69. The van der Waals surface area contributed by atoms with Gasteiger partial charge in [-0.25, -0.2) is 0 Å². The molecule has 0 spiro atoms. The molecule has 10 heteroatoms. The zero-order valence-corrected chi connectivity index (χ0v) is 20.9. The highest BCUT2D eigenvalue weighted by atomic mass is 16.7. The number of aliphatic hydroxyl groups excluding tert-OH is 6. The molecule has 0 aromatic carbocycles. The van der Waals surface area contributed by atoms with Crippen LogP contribution in [0.2, 0.25) is 0 Å². The molecule has 2 saturated heterocycles. The van der Waals surface area contributed by atoms with Crippen LogP contribution in [0.15, 0.2) is 12.2 Å². The summed E-state index contributed by atoms with van der Waals surface area (Å²) in [5.74, 6) is 0. The van der Waals surface area contributed by atoms with E-state index in [2.05, 4.69) is 13.0 Å². The Morgan fingerprint density at radius 2 is 1.37 bits per heavy atom. The van der Waals surface area contributed by atoms with Gasteiger partial charge in [-0.1, -0.05) is 64.0 Å². The second kappa shape index (κ2) is 17.0. The number of hydrogen-bond donors (Lipinski definition) is 6. The predicted molar refractivity (Wildman–Crippen MR) is 127 cm³/mol. The van der Waals surface area contributed by atoms with Gasteiger partial charge in [-0.2, -0.15) is 0 Å². The van der Waals surface area contributed by atoms with E-state index < -0.39 is 68.5 Å². The normalized spacial score (nSPS) is 36.1. The van der Waals surface area contributed by atoms with Crippen LogP contribution in [0.5, 0.6) is 0 Å². The highest BCUT2D eigenvalue weighted by molar-refractivity contribution is 4.91. The molecule has 10 nitrogen and oxygen atoms in total. The predicted octanol–water partition coefficient (Wildman–Crippen LogP) is 0.743. The zero-order valence-electron chi connectivity index (χ0n) is 20.9. The van der Waals surface area contributed by atoms with Gasteiger partial charge in [0.1, 0.15) is 36.6 Å². The fourth-order valence-electron chi connectivity index (χ4n) is 4.39. The van der Waals surface area contributed by atoms with E-state index in [1.54, 1.807) is 0 Å². The zero-order chi connectivity index (χ0) is 25.6. The van der Waals surface area contributed by atoms with E-state index in [0.29, 0.717) is 0 Å². The minimum atomic E-state index is -1.58. The molecule has 6 N–H and O–H groups in total. The Hall–Kier alpha value is -0.660. The van der Waals surface area contributed by atoms with Gasteiger partial charge in [-0.3, -0.25) is 0 Å². The standard InChI is InChI=1S/C25H46O10/c1-2-3-4-5-6-7-8-9-10-11-12-13-32-24-17(28)14-18(19(15-26)34-24)33-25-23(31)22(30)21(29)20(16-27)35-25/h11-12,17-31H,2-10,13-16H2,1H3/b12-11+/t17?,18-,19?,20?,21-,22?,23?,24+,25+/m0/s1. The summed E-state index contributed by atoms with van der Waals surface area (Å²) < 4.78 is 22.3. The third-order valence-corrected chi connectivity index (χ3v) is 6.60. The third kappa shape index (κ3) is 9.96. The van der Waals surface area contributed by atoms with Crippen LogP contribution >= 0.6 is 0 Å². The molecular weight excluding hydrogens is 460 g/mol. The summed E-state index contributed by atoms with van der Waals surface area (Å²) in [6.45, 7) is 1.47. The maximum Gasteiger partial charge on any atom is 0.187 e. The fourth-order valence-corrected chi connectivity index (χ4v) is 4.39. The lowest BCUT2D eigenvalue weighted by atomic mass is 9.98. The lowest BCUT2D eigenvalue weighted by molar-refractivity contribution is -0.341. The Kier molecular flexibility index (Phi) is 14.8. The lowest BCUT2D eigenvalue weighted by Crippen LogP contribution is -2.61. The van der Waals surface area contributed by atoms with E-state index in [0.717, 1.165) is 12.8 Å². The molecule has 0 amide bonds. The van der Waals surface area contributed by atoms with Crippen molar-refractivity contribution in [3.63, 3.8) is 0 Å². The van der Waals surface area contributed by atoms with Crippen molar-refractivity contribution in [1.29, 1.82) is 0 Å².